The number of nitrogens with two attached hydrogens (primary N) is 2. The molecule has 0 saturated carbocycles. The molecule has 2 aromatic rings. The van der Waals surface area contributed by atoms with Crippen LogP contribution in [0.4, 0.5) is 28.4 Å². The Morgan fingerprint density at radius 3 is 2.35 bits per heavy atom. The van der Waals surface area contributed by atoms with Crippen LogP contribution in [0.15, 0.2) is 36.4 Å². The molecule has 2 rings (SSSR count). The highest BCUT2D eigenvalue weighted by Gasteiger charge is 2.13. The Balaban J connectivity index is 2.23. The summed E-state index contributed by atoms with van der Waals surface area (Å²) in [7, 11) is 3.91. The van der Waals surface area contributed by atoms with Gasteiger partial charge in [-0.15, -0.1) is 0 Å². The number of nitrogen functional groups attached to an aromatic ring is 2. The Morgan fingerprint density at radius 1 is 1.04 bits per heavy atom. The van der Waals surface area contributed by atoms with Gasteiger partial charge in [-0.1, -0.05) is 0 Å². The molecule has 0 radical (unpaired) electrons. The minimum absolute atomic E-state index is 0.119. The Bertz CT molecular complexity index is 769. The first-order valence-electron chi connectivity index (χ1n) is 8.85. The molecule has 0 fully saturated rings. The smallest absolute Gasteiger partial charge is 0.228 e. The molecule has 0 aliphatic heterocycles. The van der Waals surface area contributed by atoms with Crippen LogP contribution in [-0.4, -0.2) is 33.1 Å². The van der Waals surface area contributed by atoms with E-state index in [4.69, 9.17) is 11.5 Å². The average molecular weight is 355 g/mol. The van der Waals surface area contributed by atoms with Crippen LogP contribution in [0.5, 0.6) is 0 Å². The van der Waals surface area contributed by atoms with Crippen LogP contribution >= 0.6 is 0 Å². The zero-order chi connectivity index (χ0) is 19.3. The molecule has 0 unspecified atom stereocenters. The Morgan fingerprint density at radius 2 is 1.73 bits per heavy atom. The summed E-state index contributed by atoms with van der Waals surface area (Å²) >= 11 is 0. The van der Waals surface area contributed by atoms with Gasteiger partial charge in [-0.3, -0.25) is 4.79 Å². The minimum atomic E-state index is -0.119. The van der Waals surface area contributed by atoms with E-state index < -0.39 is 0 Å². The molecule has 0 aromatic heterocycles. The van der Waals surface area contributed by atoms with Crippen LogP contribution < -0.4 is 26.6 Å². The number of hydrogen-bond acceptors (Lipinski definition) is 5. The number of nitrogens with zero attached hydrogens (tertiary/aromatic N) is 2. The minimum Gasteiger partial charge on any atom is -0.399 e. The van der Waals surface area contributed by atoms with E-state index in [9.17, 15) is 4.79 Å². The third-order valence-electron chi connectivity index (χ3n) is 4.39. The molecule has 6 nitrogen and oxygen atoms in total. The van der Waals surface area contributed by atoms with Gasteiger partial charge in [-0.05, 0) is 55.8 Å². The van der Waals surface area contributed by atoms with Crippen LogP contribution in [0.25, 0.3) is 0 Å². The van der Waals surface area contributed by atoms with E-state index in [1.807, 2.05) is 49.3 Å². The molecule has 0 aliphatic carbocycles. The van der Waals surface area contributed by atoms with E-state index in [1.165, 1.54) is 0 Å². The van der Waals surface area contributed by atoms with Crippen molar-refractivity contribution in [2.24, 2.45) is 0 Å². The van der Waals surface area contributed by atoms with Crippen LogP contribution in [0.3, 0.4) is 0 Å². The van der Waals surface area contributed by atoms with Crippen molar-refractivity contribution in [1.82, 2.24) is 0 Å². The molecule has 2 aromatic carbocycles. The van der Waals surface area contributed by atoms with Crippen molar-refractivity contribution in [3.63, 3.8) is 0 Å². The first-order valence-corrected chi connectivity index (χ1v) is 8.85. The highest BCUT2D eigenvalue weighted by molar-refractivity contribution is 5.97. The van der Waals surface area contributed by atoms with Crippen molar-refractivity contribution < 1.29 is 4.79 Å². The summed E-state index contributed by atoms with van der Waals surface area (Å²) < 4.78 is 0. The molecule has 26 heavy (non-hydrogen) atoms. The Hall–Kier alpha value is -2.89. The first kappa shape index (κ1) is 19.4. The number of anilines is 5. The summed E-state index contributed by atoms with van der Waals surface area (Å²) in [4.78, 5) is 16.8. The first-order chi connectivity index (χ1) is 12.3. The standard InChI is InChI=1S/C20H29N5O/c1-5-25(6-2)19-10-7-15(21)13-18(19)23-20(26)12-14-11-16(24(3)4)8-9-17(14)22/h7-11,13H,5-6,12,21-22H2,1-4H3,(H,23,26). The van der Waals surface area contributed by atoms with E-state index >= 15 is 0 Å². The van der Waals surface area contributed by atoms with Crippen LogP contribution in [0.2, 0.25) is 0 Å². The maximum atomic E-state index is 12.6. The topological polar surface area (TPSA) is 87.6 Å². The number of carbonyl (C=O) groups excluding carboxylic acids is 1. The summed E-state index contributed by atoms with van der Waals surface area (Å²) in [6.07, 6.45) is 0.208. The lowest BCUT2D eigenvalue weighted by Crippen LogP contribution is -2.24. The average Bonchev–Trinajstić information content (AvgIpc) is 2.59. The molecular formula is C20H29N5O. The molecule has 0 atom stereocenters. The second kappa shape index (κ2) is 8.47. The number of rotatable bonds is 7. The molecule has 0 heterocycles. The summed E-state index contributed by atoms with van der Waals surface area (Å²) in [5, 5.41) is 3.00. The van der Waals surface area contributed by atoms with E-state index in [0.717, 1.165) is 35.7 Å². The normalized spacial score (nSPS) is 10.5. The molecular weight excluding hydrogens is 326 g/mol. The lowest BCUT2D eigenvalue weighted by atomic mass is 10.1. The van der Waals surface area contributed by atoms with Gasteiger partial charge in [0.25, 0.3) is 0 Å². The highest BCUT2D eigenvalue weighted by Crippen LogP contribution is 2.29. The van der Waals surface area contributed by atoms with Crippen LogP contribution in [0, 0.1) is 0 Å². The van der Waals surface area contributed by atoms with E-state index in [2.05, 4.69) is 24.1 Å². The van der Waals surface area contributed by atoms with Gasteiger partial charge in [-0.25, -0.2) is 0 Å². The van der Waals surface area contributed by atoms with E-state index in [1.54, 1.807) is 6.07 Å². The molecule has 6 heteroatoms. The zero-order valence-corrected chi connectivity index (χ0v) is 16.0. The number of nitrogens with one attached hydrogen (secondary N) is 1. The van der Waals surface area contributed by atoms with E-state index in [-0.39, 0.29) is 12.3 Å². The number of benzene rings is 2. The summed E-state index contributed by atoms with van der Waals surface area (Å²) in [5.41, 5.74) is 16.7. The summed E-state index contributed by atoms with van der Waals surface area (Å²) in [6, 6.07) is 11.3. The molecule has 5 N–H and O–H groups in total. The van der Waals surface area contributed by atoms with Gasteiger partial charge in [0, 0.05) is 44.2 Å². The van der Waals surface area contributed by atoms with Crippen LogP contribution in [0.1, 0.15) is 19.4 Å². The summed E-state index contributed by atoms with van der Waals surface area (Å²) in [5.74, 6) is -0.119. The number of carbonyl (C=O) groups is 1. The second-order valence-corrected chi connectivity index (χ2v) is 6.45. The Labute approximate surface area is 155 Å². The monoisotopic (exact) mass is 355 g/mol. The third-order valence-corrected chi connectivity index (χ3v) is 4.39. The molecule has 0 saturated heterocycles. The molecule has 1 amide bonds. The molecule has 0 bridgehead atoms. The van der Waals surface area contributed by atoms with Crippen molar-refractivity contribution in [1.29, 1.82) is 0 Å². The van der Waals surface area contributed by atoms with Gasteiger partial charge in [-0.2, -0.15) is 0 Å². The highest BCUT2D eigenvalue weighted by atomic mass is 16.1. The SMILES string of the molecule is CCN(CC)c1ccc(N)cc1NC(=O)Cc1cc(N(C)C)ccc1N. The van der Waals surface area contributed by atoms with Gasteiger partial charge >= 0.3 is 0 Å². The lowest BCUT2D eigenvalue weighted by Gasteiger charge is -2.24. The zero-order valence-electron chi connectivity index (χ0n) is 16.0. The van der Waals surface area contributed by atoms with E-state index in [0.29, 0.717) is 11.4 Å². The predicted molar refractivity (Wildman–Crippen MR) is 112 cm³/mol. The Kier molecular flexibility index (Phi) is 6.33. The quantitative estimate of drug-likeness (QED) is 0.665. The maximum Gasteiger partial charge on any atom is 0.228 e. The van der Waals surface area contributed by atoms with Gasteiger partial charge in [0.1, 0.15) is 0 Å². The lowest BCUT2D eigenvalue weighted by molar-refractivity contribution is -0.115. The van der Waals surface area contributed by atoms with Crippen LogP contribution in [-0.2, 0) is 11.2 Å². The van der Waals surface area contributed by atoms with Crippen molar-refractivity contribution in [2.75, 3.05) is 53.8 Å². The number of hydrogen-bond donors (Lipinski definition) is 3. The fraction of sp³-hybridized carbons (Fsp3) is 0.350. The van der Waals surface area contributed by atoms with Crippen molar-refractivity contribution in [3.8, 4) is 0 Å². The van der Waals surface area contributed by atoms with Crippen molar-refractivity contribution in [3.05, 3.63) is 42.0 Å². The predicted octanol–water partition coefficient (Wildman–Crippen LogP) is 2.94. The largest absolute Gasteiger partial charge is 0.399 e. The molecule has 0 aliphatic rings. The summed E-state index contributed by atoms with van der Waals surface area (Å²) in [6.45, 7) is 5.86. The fourth-order valence-corrected chi connectivity index (χ4v) is 2.88. The molecule has 140 valence electrons. The second-order valence-electron chi connectivity index (χ2n) is 6.45. The molecule has 0 spiro atoms. The van der Waals surface area contributed by atoms with Crippen molar-refractivity contribution >= 4 is 34.3 Å². The number of amides is 1. The fourth-order valence-electron chi connectivity index (χ4n) is 2.88. The van der Waals surface area contributed by atoms with Crippen molar-refractivity contribution in [2.45, 2.75) is 20.3 Å². The van der Waals surface area contributed by atoms with Gasteiger partial charge in [0.15, 0.2) is 0 Å². The van der Waals surface area contributed by atoms with Gasteiger partial charge < -0.3 is 26.6 Å². The third kappa shape index (κ3) is 4.59. The van der Waals surface area contributed by atoms with Gasteiger partial charge in [0.2, 0.25) is 5.91 Å². The van der Waals surface area contributed by atoms with Gasteiger partial charge in [0.05, 0.1) is 17.8 Å². The maximum absolute atomic E-state index is 12.6.